The quantitative estimate of drug-likeness (QED) is 0.0512. The average molecular weight is 809 g/mol. The first-order valence-corrected chi connectivity index (χ1v) is 20.4. The molecule has 0 bridgehead atoms. The van der Waals surface area contributed by atoms with Gasteiger partial charge in [0.25, 0.3) is 0 Å². The van der Waals surface area contributed by atoms with E-state index >= 15 is 0 Å². The van der Waals surface area contributed by atoms with Crippen LogP contribution in [0.4, 0.5) is 0 Å². The molecule has 0 spiro atoms. The van der Waals surface area contributed by atoms with Crippen LogP contribution in [0, 0.1) is 11.8 Å². The van der Waals surface area contributed by atoms with Crippen LogP contribution in [0.1, 0.15) is 167 Å². The lowest BCUT2D eigenvalue weighted by molar-refractivity contribution is -0.198. The molecular formula is C44H72O13. The summed E-state index contributed by atoms with van der Waals surface area (Å²) in [7, 11) is 0. The second-order valence-corrected chi connectivity index (χ2v) is 18.8. The van der Waals surface area contributed by atoms with Gasteiger partial charge in [0.1, 0.15) is 40.3 Å². The molecule has 0 aromatic rings. The zero-order chi connectivity index (χ0) is 43.8. The van der Waals surface area contributed by atoms with Gasteiger partial charge in [-0.15, -0.1) is 0 Å². The number of carbonyl (C=O) groups is 6. The van der Waals surface area contributed by atoms with Gasteiger partial charge >= 0.3 is 35.8 Å². The predicted molar refractivity (Wildman–Crippen MR) is 214 cm³/mol. The summed E-state index contributed by atoms with van der Waals surface area (Å²) in [5, 5.41) is 12.0. The summed E-state index contributed by atoms with van der Waals surface area (Å²) >= 11 is 0. The van der Waals surface area contributed by atoms with Crippen molar-refractivity contribution in [3.8, 4) is 0 Å². The van der Waals surface area contributed by atoms with Gasteiger partial charge in [-0.1, -0.05) is 57.3 Å². The molecule has 5 atom stereocenters. The van der Waals surface area contributed by atoms with E-state index in [0.717, 1.165) is 19.3 Å². The van der Waals surface area contributed by atoms with Crippen LogP contribution in [-0.2, 0) is 57.2 Å². The van der Waals surface area contributed by atoms with Gasteiger partial charge in [-0.05, 0) is 115 Å². The number of esters is 6. The normalized spacial score (nSPS) is 18.7. The first-order valence-electron chi connectivity index (χ1n) is 20.4. The highest BCUT2D eigenvalue weighted by molar-refractivity contribution is 5.94. The van der Waals surface area contributed by atoms with Crippen LogP contribution in [0.3, 0.4) is 0 Å². The van der Waals surface area contributed by atoms with Crippen LogP contribution >= 0.6 is 0 Å². The van der Waals surface area contributed by atoms with Crippen LogP contribution < -0.4 is 0 Å². The monoisotopic (exact) mass is 808 g/mol. The standard InChI is InChI=1S/C44H72O13/c1-14-15-16-17-18-19-20-21-22-23-24-25-26-30-27-32(37(48)52-30)44(51,39(50)57-43(11,12)13)29-34(46)53-35(38(49)56-42(8,9)10)31(36(47)55-41(5,6)7)28-33(45)54-40(2,3)4/h21-22,25-26,30-32,35,51H,14-20,23-24,27-29H2,1-13H3/b22-21-,26-25+/t30-,31-,32-,35+,44+/m0/s1. The van der Waals surface area contributed by atoms with Crippen LogP contribution in [-0.4, -0.2) is 81.1 Å². The van der Waals surface area contributed by atoms with Crippen molar-refractivity contribution in [2.75, 3.05) is 0 Å². The molecule has 57 heavy (non-hydrogen) atoms. The Morgan fingerprint density at radius 1 is 0.684 bits per heavy atom. The Bertz CT molecular complexity index is 1400. The molecule has 0 amide bonds. The number of cyclic esters (lactones) is 1. The van der Waals surface area contributed by atoms with Gasteiger partial charge in [-0.2, -0.15) is 0 Å². The van der Waals surface area contributed by atoms with Crippen molar-refractivity contribution >= 4 is 35.8 Å². The van der Waals surface area contributed by atoms with Crippen molar-refractivity contribution in [1.29, 1.82) is 0 Å². The lowest BCUT2D eigenvalue weighted by Crippen LogP contribution is -2.53. The lowest BCUT2D eigenvalue weighted by atomic mass is 9.82. The summed E-state index contributed by atoms with van der Waals surface area (Å²) in [6, 6.07) is 0. The molecule has 1 fully saturated rings. The van der Waals surface area contributed by atoms with Crippen LogP contribution in [0.5, 0.6) is 0 Å². The zero-order valence-corrected chi connectivity index (χ0v) is 37.0. The van der Waals surface area contributed by atoms with E-state index in [-0.39, 0.29) is 6.42 Å². The Morgan fingerprint density at radius 3 is 1.75 bits per heavy atom. The molecule has 1 aliphatic rings. The molecule has 1 rings (SSSR count). The van der Waals surface area contributed by atoms with Crippen molar-refractivity contribution in [3.63, 3.8) is 0 Å². The molecule has 0 aliphatic carbocycles. The van der Waals surface area contributed by atoms with Gasteiger partial charge in [0, 0.05) is 6.42 Å². The fourth-order valence-electron chi connectivity index (χ4n) is 5.85. The van der Waals surface area contributed by atoms with Crippen molar-refractivity contribution in [2.24, 2.45) is 11.8 Å². The maximum Gasteiger partial charge on any atom is 0.348 e. The van der Waals surface area contributed by atoms with Crippen molar-refractivity contribution in [3.05, 3.63) is 24.3 Å². The molecule has 0 saturated carbocycles. The third-order valence-corrected chi connectivity index (χ3v) is 8.28. The number of hydrogen-bond acceptors (Lipinski definition) is 13. The average Bonchev–Trinajstić information content (AvgIpc) is 3.40. The Kier molecular flexibility index (Phi) is 20.2. The maximum atomic E-state index is 13.8. The van der Waals surface area contributed by atoms with Gasteiger partial charge in [0.2, 0.25) is 6.10 Å². The molecule has 326 valence electrons. The summed E-state index contributed by atoms with van der Waals surface area (Å²) in [4.78, 5) is 81.1. The summed E-state index contributed by atoms with van der Waals surface area (Å²) < 4.78 is 33.0. The number of hydrogen-bond donors (Lipinski definition) is 1. The smallest absolute Gasteiger partial charge is 0.348 e. The molecule has 0 radical (unpaired) electrons. The second kappa shape index (κ2) is 22.4. The fourth-order valence-corrected chi connectivity index (χ4v) is 5.85. The number of aliphatic hydroxyl groups is 1. The van der Waals surface area contributed by atoms with E-state index in [1.807, 2.05) is 6.08 Å². The van der Waals surface area contributed by atoms with Gasteiger partial charge in [-0.25, -0.2) is 9.59 Å². The molecule has 13 heteroatoms. The van der Waals surface area contributed by atoms with Crippen molar-refractivity contribution in [1.82, 2.24) is 0 Å². The summed E-state index contributed by atoms with van der Waals surface area (Å²) in [5.41, 5.74) is -7.14. The van der Waals surface area contributed by atoms with Crippen LogP contribution in [0.2, 0.25) is 0 Å². The van der Waals surface area contributed by atoms with E-state index in [0.29, 0.717) is 6.42 Å². The second-order valence-electron chi connectivity index (χ2n) is 18.8. The first-order chi connectivity index (χ1) is 26.1. The summed E-state index contributed by atoms with van der Waals surface area (Å²) in [5.74, 6) is -10.1. The third-order valence-electron chi connectivity index (χ3n) is 8.28. The minimum Gasteiger partial charge on any atom is -0.460 e. The zero-order valence-electron chi connectivity index (χ0n) is 37.0. The van der Waals surface area contributed by atoms with E-state index in [1.165, 1.54) is 32.1 Å². The number of carbonyl (C=O) groups excluding carboxylic acids is 6. The largest absolute Gasteiger partial charge is 0.460 e. The Hall–Kier alpha value is -3.74. The molecule has 0 unspecified atom stereocenters. The third kappa shape index (κ3) is 21.0. The van der Waals surface area contributed by atoms with Crippen molar-refractivity contribution < 1.29 is 62.3 Å². The topological polar surface area (TPSA) is 178 Å². The Balaban J connectivity index is 3.36. The van der Waals surface area contributed by atoms with Crippen LogP contribution in [0.25, 0.3) is 0 Å². The van der Waals surface area contributed by atoms with E-state index in [1.54, 1.807) is 89.2 Å². The van der Waals surface area contributed by atoms with Gasteiger partial charge < -0.3 is 33.5 Å². The molecule has 1 N–H and O–H groups in total. The fraction of sp³-hybridized carbons (Fsp3) is 0.773. The highest BCUT2D eigenvalue weighted by atomic mass is 16.6. The molecule has 1 heterocycles. The van der Waals surface area contributed by atoms with E-state index < -0.39 is 101 Å². The molecule has 0 aromatic carbocycles. The molecule has 13 nitrogen and oxygen atoms in total. The number of ether oxygens (including phenoxy) is 6. The van der Waals surface area contributed by atoms with E-state index in [2.05, 4.69) is 19.1 Å². The molecular weight excluding hydrogens is 736 g/mol. The summed E-state index contributed by atoms with van der Waals surface area (Å²) in [6.45, 7) is 21.0. The number of rotatable bonds is 21. The van der Waals surface area contributed by atoms with Gasteiger partial charge in [-0.3, -0.25) is 19.2 Å². The minimum atomic E-state index is -2.81. The maximum absolute atomic E-state index is 13.8. The highest BCUT2D eigenvalue weighted by Gasteiger charge is 2.57. The lowest BCUT2D eigenvalue weighted by Gasteiger charge is -2.33. The first kappa shape index (κ1) is 51.3. The Morgan fingerprint density at radius 2 is 1.19 bits per heavy atom. The molecule has 0 aromatic heterocycles. The minimum absolute atomic E-state index is 0.166. The number of unbranched alkanes of at least 4 members (excludes halogenated alkanes) is 7. The van der Waals surface area contributed by atoms with Gasteiger partial charge in [0.15, 0.2) is 5.60 Å². The van der Waals surface area contributed by atoms with Crippen molar-refractivity contribution in [2.45, 2.75) is 207 Å². The van der Waals surface area contributed by atoms with Gasteiger partial charge in [0.05, 0.1) is 12.8 Å². The van der Waals surface area contributed by atoms with E-state index in [4.69, 9.17) is 28.4 Å². The highest BCUT2D eigenvalue weighted by Crippen LogP contribution is 2.37. The summed E-state index contributed by atoms with van der Waals surface area (Å²) in [6.07, 6.45) is 12.7. The SMILES string of the molecule is CCCCCCCC/C=C\CC/C=C/[C@H]1C[C@H]([C@](O)(CC(=O)O[C@@H](C(=O)OC(C)(C)C)[C@H](CC(=O)OC(C)(C)C)C(=O)OC(C)(C)C)C(=O)OC(C)(C)C)C(=O)O1. The van der Waals surface area contributed by atoms with Crippen LogP contribution in [0.15, 0.2) is 24.3 Å². The predicted octanol–water partition coefficient (Wildman–Crippen LogP) is 7.97. The molecule has 1 saturated heterocycles. The Labute approximate surface area is 340 Å². The van der Waals surface area contributed by atoms with E-state index in [9.17, 15) is 33.9 Å². The molecule has 1 aliphatic heterocycles. The number of allylic oxidation sites excluding steroid dienone is 3.